The molecule has 104 valence electrons. The molecule has 1 aliphatic rings. The third-order valence-electron chi connectivity index (χ3n) is 3.05. The first-order valence-electron chi connectivity index (χ1n) is 6.10. The standard InChI is InChI=1S/C12H22N2O4/c1-7-9(10(13)16)8(15)5-6-14(7)11(17)18-12(2,3)4/h7-9,15H,5-6H2,1-4H3,(H2,13,16)/t7-,8?,9?/m0/s1. The lowest BCUT2D eigenvalue weighted by Gasteiger charge is -2.40. The lowest BCUT2D eigenvalue weighted by molar-refractivity contribution is -0.131. The summed E-state index contributed by atoms with van der Waals surface area (Å²) in [7, 11) is 0. The highest BCUT2D eigenvalue weighted by atomic mass is 16.6. The molecule has 1 saturated heterocycles. The van der Waals surface area contributed by atoms with Crippen LogP contribution in [0.3, 0.4) is 0 Å². The first kappa shape index (κ1) is 14.8. The van der Waals surface area contributed by atoms with Crippen molar-refractivity contribution in [2.24, 2.45) is 11.7 Å². The molecule has 6 heteroatoms. The molecule has 0 aromatic heterocycles. The van der Waals surface area contributed by atoms with Gasteiger partial charge in [0.15, 0.2) is 0 Å². The summed E-state index contributed by atoms with van der Waals surface area (Å²) in [4.78, 5) is 24.7. The maximum absolute atomic E-state index is 12.0. The fourth-order valence-electron chi connectivity index (χ4n) is 2.18. The first-order valence-corrected chi connectivity index (χ1v) is 6.10. The topological polar surface area (TPSA) is 92.9 Å². The Morgan fingerprint density at radius 1 is 1.39 bits per heavy atom. The van der Waals surface area contributed by atoms with E-state index in [1.807, 2.05) is 0 Å². The number of nitrogens with zero attached hydrogens (tertiary/aromatic N) is 1. The molecule has 0 aliphatic carbocycles. The molecule has 18 heavy (non-hydrogen) atoms. The number of aliphatic hydroxyl groups is 1. The van der Waals surface area contributed by atoms with Crippen LogP contribution in [0.1, 0.15) is 34.1 Å². The average molecular weight is 258 g/mol. The number of amides is 2. The predicted octanol–water partition coefficient (Wildman–Crippen LogP) is 0.478. The van der Waals surface area contributed by atoms with Gasteiger partial charge in [-0.3, -0.25) is 4.79 Å². The van der Waals surface area contributed by atoms with Crippen LogP contribution in [0.15, 0.2) is 0 Å². The van der Waals surface area contributed by atoms with Gasteiger partial charge < -0.3 is 20.5 Å². The highest BCUT2D eigenvalue weighted by Crippen LogP contribution is 2.25. The molecule has 3 N–H and O–H groups in total. The fourth-order valence-corrected chi connectivity index (χ4v) is 2.18. The quantitative estimate of drug-likeness (QED) is 0.715. The average Bonchev–Trinajstić information content (AvgIpc) is 2.13. The number of primary amides is 1. The number of hydrogen-bond acceptors (Lipinski definition) is 4. The number of nitrogens with two attached hydrogens (primary N) is 1. The third-order valence-corrected chi connectivity index (χ3v) is 3.05. The number of likely N-dealkylation sites (tertiary alicyclic amines) is 1. The number of carbonyl (C=O) groups excluding carboxylic acids is 2. The molecule has 0 aromatic carbocycles. The summed E-state index contributed by atoms with van der Waals surface area (Å²) in [6.07, 6.45) is -0.943. The molecule has 0 spiro atoms. The normalized spacial score (nSPS) is 28.9. The van der Waals surface area contributed by atoms with Gasteiger partial charge in [-0.15, -0.1) is 0 Å². The Morgan fingerprint density at radius 2 is 1.94 bits per heavy atom. The number of piperidine rings is 1. The highest BCUT2D eigenvalue weighted by molar-refractivity contribution is 5.79. The summed E-state index contributed by atoms with van der Waals surface area (Å²) in [5, 5.41) is 9.76. The Balaban J connectivity index is 2.79. The van der Waals surface area contributed by atoms with E-state index in [1.54, 1.807) is 27.7 Å². The van der Waals surface area contributed by atoms with Crippen molar-refractivity contribution >= 4 is 12.0 Å². The minimum Gasteiger partial charge on any atom is -0.444 e. The molecule has 1 fully saturated rings. The lowest BCUT2D eigenvalue weighted by atomic mass is 9.87. The van der Waals surface area contributed by atoms with Gasteiger partial charge in [0.05, 0.1) is 12.0 Å². The number of hydrogen-bond donors (Lipinski definition) is 2. The van der Waals surface area contributed by atoms with E-state index in [-0.39, 0.29) is 0 Å². The molecule has 3 atom stereocenters. The van der Waals surface area contributed by atoms with E-state index in [0.29, 0.717) is 13.0 Å². The van der Waals surface area contributed by atoms with Crippen molar-refractivity contribution in [3.8, 4) is 0 Å². The Hall–Kier alpha value is -1.30. The van der Waals surface area contributed by atoms with Crippen LogP contribution in [-0.4, -0.2) is 46.3 Å². The first-order chi connectivity index (χ1) is 8.13. The lowest BCUT2D eigenvalue weighted by Crippen LogP contribution is -2.56. The van der Waals surface area contributed by atoms with Crippen molar-refractivity contribution in [2.75, 3.05) is 6.54 Å². The van der Waals surface area contributed by atoms with Gasteiger partial charge in [0.25, 0.3) is 0 Å². The Morgan fingerprint density at radius 3 is 2.39 bits per heavy atom. The second kappa shape index (κ2) is 5.14. The van der Waals surface area contributed by atoms with E-state index in [4.69, 9.17) is 10.5 Å². The molecule has 0 aromatic rings. The van der Waals surface area contributed by atoms with Gasteiger partial charge >= 0.3 is 6.09 Å². The molecule has 0 bridgehead atoms. The maximum Gasteiger partial charge on any atom is 0.410 e. The molecular weight excluding hydrogens is 236 g/mol. The van der Waals surface area contributed by atoms with Gasteiger partial charge in [0, 0.05) is 12.6 Å². The summed E-state index contributed by atoms with van der Waals surface area (Å²) in [6, 6.07) is -0.457. The second-order valence-corrected chi connectivity index (χ2v) is 5.70. The van der Waals surface area contributed by atoms with Crippen LogP contribution >= 0.6 is 0 Å². The van der Waals surface area contributed by atoms with Crippen molar-refractivity contribution in [1.82, 2.24) is 4.90 Å². The van der Waals surface area contributed by atoms with Gasteiger partial charge in [-0.1, -0.05) is 0 Å². The van der Waals surface area contributed by atoms with E-state index in [9.17, 15) is 14.7 Å². The second-order valence-electron chi connectivity index (χ2n) is 5.70. The van der Waals surface area contributed by atoms with Crippen LogP contribution in [0.5, 0.6) is 0 Å². The number of ether oxygens (including phenoxy) is 1. The van der Waals surface area contributed by atoms with Gasteiger partial charge in [0.2, 0.25) is 5.91 Å². The van der Waals surface area contributed by atoms with Crippen LogP contribution in [0.2, 0.25) is 0 Å². The minimum absolute atomic E-state index is 0.331. The van der Waals surface area contributed by atoms with E-state index >= 15 is 0 Å². The zero-order valence-electron chi connectivity index (χ0n) is 11.3. The minimum atomic E-state index is -0.795. The van der Waals surface area contributed by atoms with Crippen molar-refractivity contribution in [3.05, 3.63) is 0 Å². The molecule has 1 heterocycles. The summed E-state index contributed by atoms with van der Waals surface area (Å²) >= 11 is 0. The van der Waals surface area contributed by atoms with E-state index in [0.717, 1.165) is 0 Å². The monoisotopic (exact) mass is 258 g/mol. The van der Waals surface area contributed by atoms with Crippen molar-refractivity contribution in [1.29, 1.82) is 0 Å². The van der Waals surface area contributed by atoms with Gasteiger partial charge in [-0.05, 0) is 34.1 Å². The van der Waals surface area contributed by atoms with Crippen LogP contribution in [0.25, 0.3) is 0 Å². The molecule has 0 saturated carbocycles. The zero-order chi connectivity index (χ0) is 14.1. The number of aliphatic hydroxyl groups excluding tert-OH is 1. The zero-order valence-corrected chi connectivity index (χ0v) is 11.3. The summed E-state index contributed by atoms with van der Waals surface area (Å²) in [5.41, 5.74) is 4.67. The molecule has 1 aliphatic heterocycles. The molecule has 2 unspecified atom stereocenters. The van der Waals surface area contributed by atoms with Crippen LogP contribution in [0, 0.1) is 5.92 Å². The van der Waals surface area contributed by atoms with Crippen molar-refractivity contribution < 1.29 is 19.4 Å². The fraction of sp³-hybridized carbons (Fsp3) is 0.833. The summed E-state index contributed by atoms with van der Waals surface area (Å²) in [5.74, 6) is -1.34. The molecule has 0 radical (unpaired) electrons. The molecule has 1 rings (SSSR count). The van der Waals surface area contributed by atoms with Crippen LogP contribution < -0.4 is 5.73 Å². The maximum atomic E-state index is 12.0. The van der Waals surface area contributed by atoms with Crippen LogP contribution in [-0.2, 0) is 9.53 Å². The Labute approximate surface area is 107 Å². The Bertz CT molecular complexity index is 337. The summed E-state index contributed by atoms with van der Waals surface area (Å²) < 4.78 is 5.26. The number of carbonyl (C=O) groups is 2. The largest absolute Gasteiger partial charge is 0.444 e. The van der Waals surface area contributed by atoms with Crippen LogP contribution in [0.4, 0.5) is 4.79 Å². The predicted molar refractivity (Wildman–Crippen MR) is 65.7 cm³/mol. The SMILES string of the molecule is C[C@H]1C(C(N)=O)C(O)CCN1C(=O)OC(C)(C)C. The van der Waals surface area contributed by atoms with E-state index in [1.165, 1.54) is 4.90 Å². The highest BCUT2D eigenvalue weighted by Gasteiger charge is 2.41. The summed E-state index contributed by atoms with van der Waals surface area (Å²) in [6.45, 7) is 7.39. The van der Waals surface area contributed by atoms with Gasteiger partial charge in [-0.25, -0.2) is 4.79 Å². The molecular formula is C12H22N2O4. The smallest absolute Gasteiger partial charge is 0.410 e. The van der Waals surface area contributed by atoms with Gasteiger partial charge in [0.1, 0.15) is 5.60 Å². The molecule has 2 amide bonds. The third kappa shape index (κ3) is 3.35. The number of rotatable bonds is 1. The Kier molecular flexibility index (Phi) is 4.21. The van der Waals surface area contributed by atoms with Crippen molar-refractivity contribution in [3.63, 3.8) is 0 Å². The van der Waals surface area contributed by atoms with Crippen molar-refractivity contribution in [2.45, 2.75) is 51.9 Å². The van der Waals surface area contributed by atoms with Gasteiger partial charge in [-0.2, -0.15) is 0 Å². The molecule has 6 nitrogen and oxygen atoms in total. The van der Waals surface area contributed by atoms with E-state index in [2.05, 4.69) is 0 Å². The van der Waals surface area contributed by atoms with E-state index < -0.39 is 35.7 Å².